The third-order valence-corrected chi connectivity index (χ3v) is 3.73. The van der Waals surface area contributed by atoms with E-state index < -0.39 is 0 Å². The van der Waals surface area contributed by atoms with Gasteiger partial charge in [0.25, 0.3) is 0 Å². The van der Waals surface area contributed by atoms with Crippen molar-refractivity contribution in [3.05, 3.63) is 70.7 Å². The summed E-state index contributed by atoms with van der Waals surface area (Å²) in [6.45, 7) is 4.33. The quantitative estimate of drug-likeness (QED) is 0.816. The molecule has 0 heterocycles. The Balaban J connectivity index is 2.05. The van der Waals surface area contributed by atoms with Gasteiger partial charge in [-0.1, -0.05) is 67.9 Å². The average molecular weight is 316 g/mol. The molecule has 0 spiro atoms. The van der Waals surface area contributed by atoms with E-state index in [1.165, 1.54) is 0 Å². The minimum atomic E-state index is 0.0248. The van der Waals surface area contributed by atoms with Gasteiger partial charge in [-0.2, -0.15) is 0 Å². The maximum absolute atomic E-state index is 12.3. The van der Waals surface area contributed by atoms with Crippen LogP contribution in [0.1, 0.15) is 37.4 Å². The summed E-state index contributed by atoms with van der Waals surface area (Å²) in [7, 11) is 0. The fraction of sp³-hybridized carbons (Fsp3) is 0.316. The Hall–Kier alpha value is -1.80. The molecule has 3 heteroatoms. The van der Waals surface area contributed by atoms with Crippen molar-refractivity contribution in [3.63, 3.8) is 0 Å². The Morgan fingerprint density at radius 1 is 1.09 bits per heavy atom. The maximum Gasteiger partial charge on any atom is 0.224 e. The molecule has 0 bridgehead atoms. The van der Waals surface area contributed by atoms with Crippen LogP contribution in [-0.2, 0) is 11.2 Å². The molecular weight excluding hydrogens is 294 g/mol. The Labute approximate surface area is 137 Å². The predicted molar refractivity (Wildman–Crippen MR) is 91.9 cm³/mol. The fourth-order valence-corrected chi connectivity index (χ4v) is 2.73. The van der Waals surface area contributed by atoms with Gasteiger partial charge in [0, 0.05) is 5.02 Å². The molecule has 2 aromatic carbocycles. The number of rotatable bonds is 6. The molecule has 0 saturated carbocycles. The summed E-state index contributed by atoms with van der Waals surface area (Å²) < 4.78 is 0. The third kappa shape index (κ3) is 5.19. The Bertz CT molecular complexity index is 610. The highest BCUT2D eigenvalue weighted by atomic mass is 35.5. The van der Waals surface area contributed by atoms with E-state index >= 15 is 0 Å². The summed E-state index contributed by atoms with van der Waals surface area (Å²) in [5.74, 6) is 0.536. The van der Waals surface area contributed by atoms with E-state index in [-0.39, 0.29) is 11.9 Å². The van der Waals surface area contributed by atoms with Crippen molar-refractivity contribution in [1.29, 1.82) is 0 Å². The number of hydrogen-bond donors (Lipinski definition) is 1. The zero-order valence-corrected chi connectivity index (χ0v) is 13.8. The second-order valence-corrected chi connectivity index (χ2v) is 6.40. The number of hydrogen-bond acceptors (Lipinski definition) is 1. The molecule has 2 nitrogen and oxygen atoms in total. The van der Waals surface area contributed by atoms with Crippen LogP contribution in [0.2, 0.25) is 5.02 Å². The molecule has 0 saturated heterocycles. The molecule has 116 valence electrons. The monoisotopic (exact) mass is 315 g/mol. The topological polar surface area (TPSA) is 29.1 Å². The van der Waals surface area contributed by atoms with Gasteiger partial charge in [-0.15, -0.1) is 0 Å². The SMILES string of the molecule is CC(C)C[C@@H](NC(=O)Cc1cccc(Cl)c1)c1ccccc1. The maximum atomic E-state index is 12.3. The minimum absolute atomic E-state index is 0.0248. The molecule has 0 unspecified atom stereocenters. The zero-order valence-electron chi connectivity index (χ0n) is 13.1. The van der Waals surface area contributed by atoms with Crippen LogP contribution in [0.4, 0.5) is 0 Å². The van der Waals surface area contributed by atoms with Gasteiger partial charge >= 0.3 is 0 Å². The molecule has 0 aromatic heterocycles. The van der Waals surface area contributed by atoms with Gasteiger partial charge in [0.15, 0.2) is 0 Å². The Kier molecular flexibility index (Phi) is 6.02. The highest BCUT2D eigenvalue weighted by Crippen LogP contribution is 2.21. The van der Waals surface area contributed by atoms with E-state index in [1.807, 2.05) is 42.5 Å². The van der Waals surface area contributed by atoms with Crippen LogP contribution in [0.3, 0.4) is 0 Å². The van der Waals surface area contributed by atoms with Crippen LogP contribution in [0.25, 0.3) is 0 Å². The summed E-state index contributed by atoms with van der Waals surface area (Å²) in [6, 6.07) is 17.6. The van der Waals surface area contributed by atoms with Crippen LogP contribution in [-0.4, -0.2) is 5.91 Å². The molecule has 1 atom stereocenters. The first kappa shape index (κ1) is 16.6. The smallest absolute Gasteiger partial charge is 0.224 e. The van der Waals surface area contributed by atoms with Gasteiger partial charge in [0.2, 0.25) is 5.91 Å². The number of halogens is 1. The van der Waals surface area contributed by atoms with Gasteiger partial charge in [-0.3, -0.25) is 4.79 Å². The molecule has 2 aromatic rings. The summed E-state index contributed by atoms with van der Waals surface area (Å²) in [4.78, 5) is 12.3. The van der Waals surface area contributed by atoms with Crippen molar-refractivity contribution >= 4 is 17.5 Å². The lowest BCUT2D eigenvalue weighted by atomic mass is 9.96. The van der Waals surface area contributed by atoms with Gasteiger partial charge in [-0.25, -0.2) is 0 Å². The van der Waals surface area contributed by atoms with Crippen molar-refractivity contribution in [2.24, 2.45) is 5.92 Å². The van der Waals surface area contributed by atoms with Gasteiger partial charge in [0.05, 0.1) is 12.5 Å². The first-order valence-electron chi connectivity index (χ1n) is 7.63. The zero-order chi connectivity index (χ0) is 15.9. The van der Waals surface area contributed by atoms with Crippen LogP contribution in [0.5, 0.6) is 0 Å². The Morgan fingerprint density at radius 2 is 1.82 bits per heavy atom. The molecule has 0 aliphatic heterocycles. The van der Waals surface area contributed by atoms with Crippen molar-refractivity contribution in [3.8, 4) is 0 Å². The highest BCUT2D eigenvalue weighted by Gasteiger charge is 2.16. The standard InChI is InChI=1S/C19H22ClNO/c1-14(2)11-18(16-8-4-3-5-9-16)21-19(22)13-15-7-6-10-17(20)12-15/h3-10,12,14,18H,11,13H2,1-2H3,(H,21,22)/t18-/m1/s1. The molecule has 0 aliphatic carbocycles. The van der Waals surface area contributed by atoms with Crippen molar-refractivity contribution < 1.29 is 4.79 Å². The van der Waals surface area contributed by atoms with E-state index in [9.17, 15) is 4.79 Å². The van der Waals surface area contributed by atoms with E-state index in [2.05, 4.69) is 31.3 Å². The lowest BCUT2D eigenvalue weighted by Gasteiger charge is -2.21. The van der Waals surface area contributed by atoms with E-state index in [0.717, 1.165) is 17.5 Å². The minimum Gasteiger partial charge on any atom is -0.349 e. The molecule has 0 fully saturated rings. The number of carbonyl (C=O) groups excluding carboxylic acids is 1. The lowest BCUT2D eigenvalue weighted by Crippen LogP contribution is -2.30. The van der Waals surface area contributed by atoms with Crippen LogP contribution in [0, 0.1) is 5.92 Å². The van der Waals surface area contributed by atoms with Crippen LogP contribution >= 0.6 is 11.6 Å². The second kappa shape index (κ2) is 8.00. The lowest BCUT2D eigenvalue weighted by molar-refractivity contribution is -0.121. The second-order valence-electron chi connectivity index (χ2n) is 5.97. The predicted octanol–water partition coefficient (Wildman–Crippen LogP) is 4.79. The fourth-order valence-electron chi connectivity index (χ4n) is 2.51. The molecular formula is C19H22ClNO. The number of benzene rings is 2. The van der Waals surface area contributed by atoms with Crippen LogP contribution in [0.15, 0.2) is 54.6 Å². The first-order valence-corrected chi connectivity index (χ1v) is 8.01. The van der Waals surface area contributed by atoms with Crippen molar-refractivity contribution in [2.45, 2.75) is 32.7 Å². The summed E-state index contributed by atoms with van der Waals surface area (Å²) in [5.41, 5.74) is 2.08. The number of nitrogens with one attached hydrogen (secondary N) is 1. The van der Waals surface area contributed by atoms with Crippen molar-refractivity contribution in [1.82, 2.24) is 5.32 Å². The third-order valence-electron chi connectivity index (χ3n) is 3.50. The summed E-state index contributed by atoms with van der Waals surface area (Å²) >= 11 is 5.97. The van der Waals surface area contributed by atoms with Crippen molar-refractivity contribution in [2.75, 3.05) is 0 Å². The van der Waals surface area contributed by atoms with E-state index in [4.69, 9.17) is 11.6 Å². The number of carbonyl (C=O) groups is 1. The first-order chi connectivity index (χ1) is 10.5. The molecule has 1 amide bonds. The molecule has 0 aliphatic rings. The average Bonchev–Trinajstić information content (AvgIpc) is 2.47. The van der Waals surface area contributed by atoms with E-state index in [1.54, 1.807) is 0 Å². The highest BCUT2D eigenvalue weighted by molar-refractivity contribution is 6.30. The van der Waals surface area contributed by atoms with Gasteiger partial charge in [-0.05, 0) is 35.6 Å². The number of amides is 1. The van der Waals surface area contributed by atoms with Gasteiger partial charge in [0.1, 0.15) is 0 Å². The molecule has 0 radical (unpaired) electrons. The van der Waals surface area contributed by atoms with Crippen LogP contribution < -0.4 is 5.32 Å². The van der Waals surface area contributed by atoms with E-state index in [0.29, 0.717) is 17.4 Å². The molecule has 22 heavy (non-hydrogen) atoms. The molecule has 1 N–H and O–H groups in total. The normalized spacial score (nSPS) is 12.2. The largest absolute Gasteiger partial charge is 0.349 e. The van der Waals surface area contributed by atoms with Gasteiger partial charge < -0.3 is 5.32 Å². The summed E-state index contributed by atoms with van der Waals surface area (Å²) in [6.07, 6.45) is 1.27. The molecule has 2 rings (SSSR count). The Morgan fingerprint density at radius 3 is 2.45 bits per heavy atom. The summed E-state index contributed by atoms with van der Waals surface area (Å²) in [5, 5.41) is 3.81.